The van der Waals surface area contributed by atoms with Gasteiger partial charge >= 0.3 is 0 Å². The zero-order chi connectivity index (χ0) is 18.0. The van der Waals surface area contributed by atoms with Crippen LogP contribution in [0.3, 0.4) is 0 Å². The standard InChI is InChI=1S/C20H18O5/c1-23-16-11-9-14(19(24-2)20(16)25-3)18(22)17-13-7-5-4-6-12(13)8-10-15(17)21/h4-11,21H,1-3H3. The van der Waals surface area contributed by atoms with Crippen molar-refractivity contribution >= 4 is 16.6 Å². The molecule has 0 atom stereocenters. The van der Waals surface area contributed by atoms with Gasteiger partial charge in [0.2, 0.25) is 11.5 Å². The topological polar surface area (TPSA) is 65.0 Å². The minimum absolute atomic E-state index is 0.0828. The molecule has 3 aromatic carbocycles. The monoisotopic (exact) mass is 338 g/mol. The highest BCUT2D eigenvalue weighted by Gasteiger charge is 2.24. The molecule has 3 aromatic rings. The molecule has 0 fully saturated rings. The van der Waals surface area contributed by atoms with Crippen LogP contribution in [-0.4, -0.2) is 32.2 Å². The molecule has 0 aliphatic heterocycles. The summed E-state index contributed by atoms with van der Waals surface area (Å²) in [6.45, 7) is 0. The molecule has 0 heterocycles. The molecule has 0 spiro atoms. The molecule has 5 heteroatoms. The first kappa shape index (κ1) is 16.6. The maximum atomic E-state index is 13.2. The molecule has 5 nitrogen and oxygen atoms in total. The second-order valence-electron chi connectivity index (χ2n) is 5.39. The molecule has 0 aromatic heterocycles. The molecule has 0 unspecified atom stereocenters. The molecule has 0 bridgehead atoms. The van der Waals surface area contributed by atoms with Crippen molar-refractivity contribution < 1.29 is 24.1 Å². The van der Waals surface area contributed by atoms with Crippen molar-refractivity contribution in [2.45, 2.75) is 0 Å². The number of methoxy groups -OCH3 is 3. The Kier molecular flexibility index (Phi) is 4.48. The van der Waals surface area contributed by atoms with Gasteiger partial charge in [-0.25, -0.2) is 0 Å². The van der Waals surface area contributed by atoms with E-state index in [0.29, 0.717) is 16.9 Å². The number of aromatic hydroxyl groups is 1. The van der Waals surface area contributed by atoms with E-state index in [2.05, 4.69) is 0 Å². The third-order valence-corrected chi connectivity index (χ3v) is 4.08. The third-order valence-electron chi connectivity index (χ3n) is 4.08. The minimum Gasteiger partial charge on any atom is -0.507 e. The minimum atomic E-state index is -0.355. The van der Waals surface area contributed by atoms with Crippen molar-refractivity contribution in [1.82, 2.24) is 0 Å². The zero-order valence-electron chi connectivity index (χ0n) is 14.2. The second kappa shape index (κ2) is 6.73. The Morgan fingerprint density at radius 3 is 2.24 bits per heavy atom. The number of hydrogen-bond acceptors (Lipinski definition) is 5. The van der Waals surface area contributed by atoms with Crippen molar-refractivity contribution in [1.29, 1.82) is 0 Å². The number of carbonyl (C=O) groups excluding carboxylic acids is 1. The summed E-state index contributed by atoms with van der Waals surface area (Å²) in [6, 6.07) is 13.9. The molecule has 0 aliphatic carbocycles. The number of rotatable bonds is 5. The van der Waals surface area contributed by atoms with Crippen LogP contribution in [0.25, 0.3) is 10.8 Å². The van der Waals surface area contributed by atoms with Gasteiger partial charge in [-0.05, 0) is 29.0 Å². The molecule has 0 saturated carbocycles. The largest absolute Gasteiger partial charge is 0.507 e. The average molecular weight is 338 g/mol. The van der Waals surface area contributed by atoms with Gasteiger partial charge in [-0.15, -0.1) is 0 Å². The Balaban J connectivity index is 2.25. The second-order valence-corrected chi connectivity index (χ2v) is 5.39. The van der Waals surface area contributed by atoms with E-state index in [-0.39, 0.29) is 28.4 Å². The normalized spacial score (nSPS) is 10.5. The summed E-state index contributed by atoms with van der Waals surface area (Å²) in [7, 11) is 4.44. The lowest BCUT2D eigenvalue weighted by molar-refractivity contribution is 0.103. The molecule has 0 amide bonds. The number of carbonyl (C=O) groups is 1. The number of phenolic OH excluding ortho intramolecular Hbond substituents is 1. The van der Waals surface area contributed by atoms with Crippen LogP contribution in [0.4, 0.5) is 0 Å². The first-order chi connectivity index (χ1) is 12.1. The summed E-state index contributed by atoms with van der Waals surface area (Å²) in [5.41, 5.74) is 0.510. The van der Waals surface area contributed by atoms with Crippen LogP contribution in [0, 0.1) is 0 Å². The molecule has 0 aliphatic rings. The maximum absolute atomic E-state index is 13.2. The van der Waals surface area contributed by atoms with Gasteiger partial charge in [0.15, 0.2) is 11.5 Å². The lowest BCUT2D eigenvalue weighted by Gasteiger charge is -2.16. The fraction of sp³-hybridized carbons (Fsp3) is 0.150. The van der Waals surface area contributed by atoms with Crippen LogP contribution in [0.1, 0.15) is 15.9 Å². The van der Waals surface area contributed by atoms with E-state index in [0.717, 1.165) is 5.39 Å². The summed E-state index contributed by atoms with van der Waals surface area (Å²) < 4.78 is 16.0. The summed E-state index contributed by atoms with van der Waals surface area (Å²) in [4.78, 5) is 13.2. The average Bonchev–Trinajstić information content (AvgIpc) is 2.65. The SMILES string of the molecule is COc1ccc(C(=O)c2c(O)ccc3ccccc23)c(OC)c1OC. The van der Waals surface area contributed by atoms with Crippen LogP contribution in [0.5, 0.6) is 23.0 Å². The lowest BCUT2D eigenvalue weighted by atomic mass is 9.95. The quantitative estimate of drug-likeness (QED) is 0.717. The van der Waals surface area contributed by atoms with Gasteiger partial charge in [-0.2, -0.15) is 0 Å². The van der Waals surface area contributed by atoms with Crippen LogP contribution >= 0.6 is 0 Å². The summed E-state index contributed by atoms with van der Waals surface area (Å²) in [5, 5.41) is 11.8. The highest BCUT2D eigenvalue weighted by molar-refractivity contribution is 6.19. The highest BCUT2D eigenvalue weighted by atomic mass is 16.5. The molecular formula is C20H18O5. The molecule has 128 valence electrons. The van der Waals surface area contributed by atoms with E-state index in [4.69, 9.17) is 14.2 Å². The highest BCUT2D eigenvalue weighted by Crippen LogP contribution is 2.41. The molecule has 0 radical (unpaired) electrons. The predicted molar refractivity (Wildman–Crippen MR) is 95.1 cm³/mol. The zero-order valence-corrected chi connectivity index (χ0v) is 14.2. The van der Waals surface area contributed by atoms with Gasteiger partial charge in [0.25, 0.3) is 0 Å². The number of ketones is 1. The van der Waals surface area contributed by atoms with E-state index in [1.165, 1.54) is 27.4 Å². The van der Waals surface area contributed by atoms with Crippen LogP contribution < -0.4 is 14.2 Å². The van der Waals surface area contributed by atoms with Crippen molar-refractivity contribution in [3.63, 3.8) is 0 Å². The molecule has 3 rings (SSSR count). The van der Waals surface area contributed by atoms with Gasteiger partial charge in [0.05, 0.1) is 32.5 Å². The van der Waals surface area contributed by atoms with Crippen molar-refractivity contribution in [3.05, 3.63) is 59.7 Å². The summed E-state index contributed by atoms with van der Waals surface area (Å²) in [5.74, 6) is 0.612. The Hall–Kier alpha value is -3.21. The van der Waals surface area contributed by atoms with Gasteiger partial charge in [-0.3, -0.25) is 4.79 Å². The van der Waals surface area contributed by atoms with E-state index < -0.39 is 0 Å². The first-order valence-electron chi connectivity index (χ1n) is 7.66. The Morgan fingerprint density at radius 1 is 0.840 bits per heavy atom. The summed E-state index contributed by atoms with van der Waals surface area (Å²) in [6.07, 6.45) is 0. The maximum Gasteiger partial charge on any atom is 0.204 e. The predicted octanol–water partition coefficient (Wildman–Crippen LogP) is 3.80. The molecule has 0 saturated heterocycles. The van der Waals surface area contributed by atoms with Gasteiger partial charge in [0.1, 0.15) is 5.75 Å². The van der Waals surface area contributed by atoms with E-state index in [1.807, 2.05) is 18.2 Å². The van der Waals surface area contributed by atoms with Crippen molar-refractivity contribution in [2.24, 2.45) is 0 Å². The molecule has 1 N–H and O–H groups in total. The van der Waals surface area contributed by atoms with Crippen molar-refractivity contribution in [2.75, 3.05) is 21.3 Å². The van der Waals surface area contributed by atoms with E-state index in [1.54, 1.807) is 24.3 Å². The Bertz CT molecular complexity index is 946. The number of benzene rings is 3. The van der Waals surface area contributed by atoms with Crippen molar-refractivity contribution in [3.8, 4) is 23.0 Å². The van der Waals surface area contributed by atoms with E-state index >= 15 is 0 Å². The molecular weight excluding hydrogens is 320 g/mol. The smallest absolute Gasteiger partial charge is 0.204 e. The van der Waals surface area contributed by atoms with Gasteiger partial charge in [-0.1, -0.05) is 30.3 Å². The Morgan fingerprint density at radius 2 is 1.56 bits per heavy atom. The lowest BCUT2D eigenvalue weighted by Crippen LogP contribution is -2.07. The number of ether oxygens (including phenoxy) is 3. The Labute approximate surface area is 145 Å². The number of hydrogen-bond donors (Lipinski definition) is 1. The van der Waals surface area contributed by atoms with Crippen LogP contribution in [0.15, 0.2) is 48.5 Å². The fourth-order valence-electron chi connectivity index (χ4n) is 2.91. The van der Waals surface area contributed by atoms with Gasteiger partial charge < -0.3 is 19.3 Å². The van der Waals surface area contributed by atoms with Gasteiger partial charge in [0, 0.05) is 0 Å². The first-order valence-corrected chi connectivity index (χ1v) is 7.66. The van der Waals surface area contributed by atoms with Crippen LogP contribution in [0.2, 0.25) is 0 Å². The van der Waals surface area contributed by atoms with E-state index in [9.17, 15) is 9.90 Å². The number of phenols is 1. The summed E-state index contributed by atoms with van der Waals surface area (Å²) >= 11 is 0. The molecule has 25 heavy (non-hydrogen) atoms. The fourth-order valence-corrected chi connectivity index (χ4v) is 2.91. The number of fused-ring (bicyclic) bond motifs is 1. The van der Waals surface area contributed by atoms with Crippen LogP contribution in [-0.2, 0) is 0 Å². The third kappa shape index (κ3) is 2.74.